The number of carbonyl (C=O) groups excluding carboxylic acids is 2. The molecule has 2 heterocycles. The first-order valence-corrected chi connectivity index (χ1v) is 8.02. The molecule has 0 radical (unpaired) electrons. The van der Waals surface area contributed by atoms with Crippen molar-refractivity contribution in [3.63, 3.8) is 0 Å². The lowest BCUT2D eigenvalue weighted by Crippen LogP contribution is -2.44. The van der Waals surface area contributed by atoms with E-state index >= 15 is 0 Å². The highest BCUT2D eigenvalue weighted by Gasteiger charge is 2.44. The maximum Gasteiger partial charge on any atom is 0.416 e. The summed E-state index contributed by atoms with van der Waals surface area (Å²) in [5, 5.41) is 1.76. The molecule has 1 fully saturated rings. The molecule has 0 bridgehead atoms. The molecule has 1 aromatic heterocycles. The minimum Gasteiger partial charge on any atom is -0.436 e. The SMILES string of the molecule is CC(=O)[C@H]1OC(=O)N(c2cc3c(Br)cccc3s2)C1CN. The number of halogens is 1. The second-order valence-electron chi connectivity index (χ2n) is 4.82. The van der Waals surface area contributed by atoms with Crippen LogP contribution in [0.1, 0.15) is 6.92 Å². The third-order valence-electron chi connectivity index (χ3n) is 3.48. The van der Waals surface area contributed by atoms with Crippen LogP contribution in [0.25, 0.3) is 10.1 Å². The summed E-state index contributed by atoms with van der Waals surface area (Å²) in [7, 11) is 0. The first kappa shape index (κ1) is 14.5. The number of benzene rings is 1. The molecule has 7 heteroatoms. The van der Waals surface area contributed by atoms with Crippen LogP contribution < -0.4 is 10.6 Å². The molecule has 1 aliphatic rings. The van der Waals surface area contributed by atoms with Gasteiger partial charge in [-0.25, -0.2) is 4.79 Å². The summed E-state index contributed by atoms with van der Waals surface area (Å²) in [6.07, 6.45) is -1.32. The van der Waals surface area contributed by atoms with E-state index in [0.717, 1.165) is 19.6 Å². The van der Waals surface area contributed by atoms with E-state index in [1.807, 2.05) is 24.3 Å². The third kappa shape index (κ3) is 2.35. The van der Waals surface area contributed by atoms with Gasteiger partial charge in [0.1, 0.15) is 5.00 Å². The Hall–Kier alpha value is -1.44. The summed E-state index contributed by atoms with van der Waals surface area (Å²) in [6, 6.07) is 7.32. The van der Waals surface area contributed by atoms with Crippen LogP contribution in [0.5, 0.6) is 0 Å². The summed E-state index contributed by atoms with van der Waals surface area (Å²) in [6.45, 7) is 1.58. The van der Waals surface area contributed by atoms with E-state index in [1.54, 1.807) is 0 Å². The van der Waals surface area contributed by atoms with Gasteiger partial charge in [0.15, 0.2) is 11.9 Å². The van der Waals surface area contributed by atoms with Crippen molar-refractivity contribution in [3.8, 4) is 0 Å². The molecular weight excluding hydrogens is 356 g/mol. The molecule has 5 nitrogen and oxygen atoms in total. The second kappa shape index (κ2) is 5.40. The zero-order valence-electron chi connectivity index (χ0n) is 11.2. The standard InChI is InChI=1S/C14H13BrN2O3S/c1-7(18)13-10(6-16)17(14(19)20-13)12-5-8-9(15)3-2-4-11(8)21-12/h2-5,10,13H,6,16H2,1H3/t10?,13-/m1/s1. The predicted molar refractivity (Wildman–Crippen MR) is 85.8 cm³/mol. The number of carbonyl (C=O) groups is 2. The maximum absolute atomic E-state index is 12.1. The fraction of sp³-hybridized carbons (Fsp3) is 0.286. The normalized spacial score (nSPS) is 21.9. The number of fused-ring (bicyclic) bond motifs is 1. The molecule has 1 unspecified atom stereocenters. The molecule has 3 rings (SSSR count). The Morgan fingerprint density at radius 3 is 2.90 bits per heavy atom. The molecular formula is C14H13BrN2O3S. The van der Waals surface area contributed by atoms with Crippen LogP contribution in [0.15, 0.2) is 28.7 Å². The van der Waals surface area contributed by atoms with Gasteiger partial charge in [0.2, 0.25) is 0 Å². The first-order valence-electron chi connectivity index (χ1n) is 6.41. The second-order valence-corrected chi connectivity index (χ2v) is 6.74. The number of nitrogens with two attached hydrogens (primary N) is 1. The number of Topliss-reactive ketones (excluding diaryl/α,β-unsaturated/α-hetero) is 1. The van der Waals surface area contributed by atoms with Crippen LogP contribution in [0.3, 0.4) is 0 Å². The Bertz CT molecular complexity index is 730. The van der Waals surface area contributed by atoms with Gasteiger partial charge in [-0.15, -0.1) is 11.3 Å². The first-order chi connectivity index (χ1) is 10.0. The van der Waals surface area contributed by atoms with Crippen molar-refractivity contribution >= 4 is 54.2 Å². The molecule has 2 aromatic rings. The van der Waals surface area contributed by atoms with Crippen molar-refractivity contribution < 1.29 is 14.3 Å². The number of thiophene rings is 1. The summed E-state index contributed by atoms with van der Waals surface area (Å²) in [5.41, 5.74) is 5.75. The zero-order valence-corrected chi connectivity index (χ0v) is 13.6. The predicted octanol–water partition coefficient (Wildman–Crippen LogP) is 2.91. The number of rotatable bonds is 3. The molecule has 1 amide bonds. The molecule has 0 spiro atoms. The quantitative estimate of drug-likeness (QED) is 0.903. The average Bonchev–Trinajstić information content (AvgIpc) is 2.99. The summed E-state index contributed by atoms with van der Waals surface area (Å²) in [4.78, 5) is 25.2. The summed E-state index contributed by atoms with van der Waals surface area (Å²) >= 11 is 4.97. The van der Waals surface area contributed by atoms with E-state index in [1.165, 1.54) is 23.2 Å². The van der Waals surface area contributed by atoms with Crippen LogP contribution in [-0.2, 0) is 9.53 Å². The minimum absolute atomic E-state index is 0.172. The van der Waals surface area contributed by atoms with Crippen LogP contribution in [0, 0.1) is 0 Å². The maximum atomic E-state index is 12.1. The molecule has 1 aromatic carbocycles. The van der Waals surface area contributed by atoms with Crippen molar-refractivity contribution in [2.45, 2.75) is 19.1 Å². The van der Waals surface area contributed by atoms with Gasteiger partial charge in [0, 0.05) is 21.1 Å². The molecule has 21 heavy (non-hydrogen) atoms. The molecule has 0 aliphatic carbocycles. The van der Waals surface area contributed by atoms with Gasteiger partial charge in [-0.3, -0.25) is 9.69 Å². The van der Waals surface area contributed by atoms with Gasteiger partial charge in [-0.2, -0.15) is 0 Å². The molecule has 1 aliphatic heterocycles. The smallest absolute Gasteiger partial charge is 0.416 e. The van der Waals surface area contributed by atoms with Gasteiger partial charge in [-0.1, -0.05) is 22.0 Å². The van der Waals surface area contributed by atoms with Crippen LogP contribution in [-0.4, -0.2) is 30.6 Å². The number of anilines is 1. The zero-order chi connectivity index (χ0) is 15.1. The Kier molecular flexibility index (Phi) is 3.73. The van der Waals surface area contributed by atoms with Crippen LogP contribution in [0.4, 0.5) is 9.80 Å². The van der Waals surface area contributed by atoms with E-state index in [4.69, 9.17) is 10.5 Å². The van der Waals surface area contributed by atoms with Gasteiger partial charge in [0.25, 0.3) is 0 Å². The molecule has 110 valence electrons. The number of ketones is 1. The third-order valence-corrected chi connectivity index (χ3v) is 5.27. The highest BCUT2D eigenvalue weighted by Crippen LogP contribution is 2.39. The van der Waals surface area contributed by atoms with E-state index in [-0.39, 0.29) is 12.3 Å². The summed E-state index contributed by atoms with van der Waals surface area (Å²) in [5.74, 6) is -0.191. The van der Waals surface area contributed by atoms with Crippen molar-refractivity contribution in [1.29, 1.82) is 0 Å². The Morgan fingerprint density at radius 1 is 1.52 bits per heavy atom. The van der Waals surface area contributed by atoms with Crippen LogP contribution >= 0.6 is 27.3 Å². The average molecular weight is 369 g/mol. The van der Waals surface area contributed by atoms with Crippen molar-refractivity contribution in [3.05, 3.63) is 28.7 Å². The molecule has 0 saturated carbocycles. The van der Waals surface area contributed by atoms with Crippen molar-refractivity contribution in [2.75, 3.05) is 11.4 Å². The number of nitrogens with zero attached hydrogens (tertiary/aromatic N) is 1. The Labute approximate surface area is 133 Å². The van der Waals surface area contributed by atoms with E-state index in [9.17, 15) is 9.59 Å². The molecule has 1 saturated heterocycles. The van der Waals surface area contributed by atoms with Crippen molar-refractivity contribution in [2.24, 2.45) is 5.73 Å². The number of hydrogen-bond acceptors (Lipinski definition) is 5. The number of cyclic esters (lactones) is 1. The Morgan fingerprint density at radius 2 is 2.29 bits per heavy atom. The molecule has 2 N–H and O–H groups in total. The lowest BCUT2D eigenvalue weighted by molar-refractivity contribution is -0.124. The highest BCUT2D eigenvalue weighted by atomic mass is 79.9. The van der Waals surface area contributed by atoms with E-state index < -0.39 is 18.2 Å². The summed E-state index contributed by atoms with van der Waals surface area (Å²) < 4.78 is 7.18. The van der Waals surface area contributed by atoms with Gasteiger partial charge in [0.05, 0.1) is 6.04 Å². The van der Waals surface area contributed by atoms with Gasteiger partial charge < -0.3 is 10.5 Å². The van der Waals surface area contributed by atoms with E-state index in [2.05, 4.69) is 15.9 Å². The van der Waals surface area contributed by atoms with Crippen molar-refractivity contribution in [1.82, 2.24) is 0 Å². The number of hydrogen-bond donors (Lipinski definition) is 1. The Balaban J connectivity index is 2.06. The minimum atomic E-state index is -0.795. The number of ether oxygens (including phenoxy) is 1. The fourth-order valence-corrected chi connectivity index (χ4v) is 4.23. The molecule has 2 atom stereocenters. The van der Waals surface area contributed by atoms with Gasteiger partial charge in [-0.05, 0) is 25.1 Å². The van der Waals surface area contributed by atoms with Crippen LogP contribution in [0.2, 0.25) is 0 Å². The van der Waals surface area contributed by atoms with E-state index in [0.29, 0.717) is 0 Å². The highest BCUT2D eigenvalue weighted by molar-refractivity contribution is 9.10. The lowest BCUT2D eigenvalue weighted by Gasteiger charge is -2.20. The topological polar surface area (TPSA) is 72.6 Å². The fourth-order valence-electron chi connectivity index (χ4n) is 2.48. The largest absolute Gasteiger partial charge is 0.436 e. The monoisotopic (exact) mass is 368 g/mol. The van der Waals surface area contributed by atoms with Gasteiger partial charge >= 0.3 is 6.09 Å². The number of amides is 1. The lowest BCUT2D eigenvalue weighted by atomic mass is 10.1.